The maximum absolute atomic E-state index is 13.1. The summed E-state index contributed by atoms with van der Waals surface area (Å²) in [6.45, 7) is 1.10. The first-order chi connectivity index (χ1) is 15.0. The van der Waals surface area contributed by atoms with Crippen LogP contribution in [-0.2, 0) is 18.9 Å². The molecule has 0 atom stereocenters. The predicted molar refractivity (Wildman–Crippen MR) is 110 cm³/mol. The first kappa shape index (κ1) is 24.2. The van der Waals surface area contributed by atoms with Crippen molar-refractivity contribution in [2.24, 2.45) is 10.9 Å². The minimum absolute atomic E-state index is 0.0139. The van der Waals surface area contributed by atoms with E-state index in [1.165, 1.54) is 0 Å². The molecule has 1 aromatic rings. The van der Waals surface area contributed by atoms with Crippen LogP contribution in [0.15, 0.2) is 34.2 Å². The molecule has 0 radical (unpaired) electrons. The first-order valence-corrected chi connectivity index (χ1v) is 10.5. The Morgan fingerprint density at radius 1 is 1.12 bits per heavy atom. The summed E-state index contributed by atoms with van der Waals surface area (Å²) in [4.78, 5) is 18.3. The smallest absolute Gasteiger partial charge is 0.300 e. The normalized spacial score (nSPS) is 21.2. The van der Waals surface area contributed by atoms with Crippen molar-refractivity contribution < 1.29 is 31.1 Å². The van der Waals surface area contributed by atoms with E-state index < -0.39 is 23.5 Å². The van der Waals surface area contributed by atoms with Gasteiger partial charge in [-0.05, 0) is 67.4 Å². The van der Waals surface area contributed by atoms with Crippen LogP contribution in [0.2, 0.25) is 0 Å². The standard InChI is InChI=1S/C21H19F6N3OS/c1-2-5-28-18-17(32-19(31)29-18)10-13-3-6-30(7-4-13)12-14-8-15(20(22,23)24)11-16(9-14)21(25,26)27/h1,8-11,13H,3-7,12H2,(H,28,29,31)/b17-10-. The number of hydrogen-bond acceptors (Lipinski definition) is 4. The van der Waals surface area contributed by atoms with Gasteiger partial charge in [0, 0.05) is 6.54 Å². The van der Waals surface area contributed by atoms with Gasteiger partial charge in [-0.3, -0.25) is 14.7 Å². The number of amidine groups is 1. The van der Waals surface area contributed by atoms with Gasteiger partial charge >= 0.3 is 12.4 Å². The highest BCUT2D eigenvalue weighted by Gasteiger charge is 2.37. The van der Waals surface area contributed by atoms with Gasteiger partial charge in [0.25, 0.3) is 5.24 Å². The van der Waals surface area contributed by atoms with Gasteiger partial charge in [-0.2, -0.15) is 26.3 Å². The van der Waals surface area contributed by atoms with E-state index in [4.69, 9.17) is 6.42 Å². The topological polar surface area (TPSA) is 44.7 Å². The molecule has 32 heavy (non-hydrogen) atoms. The summed E-state index contributed by atoms with van der Waals surface area (Å²) in [7, 11) is 0. The number of hydrogen-bond donors (Lipinski definition) is 1. The highest BCUT2D eigenvalue weighted by atomic mass is 32.2. The lowest BCUT2D eigenvalue weighted by Crippen LogP contribution is -2.33. The van der Waals surface area contributed by atoms with Crippen LogP contribution in [0.25, 0.3) is 0 Å². The van der Waals surface area contributed by atoms with Gasteiger partial charge in [-0.1, -0.05) is 12.0 Å². The molecule has 2 heterocycles. The molecular formula is C21H19F6N3OS. The largest absolute Gasteiger partial charge is 0.416 e. The van der Waals surface area contributed by atoms with Crippen molar-refractivity contribution >= 4 is 22.8 Å². The molecule has 2 saturated heterocycles. The molecule has 2 fully saturated rings. The Labute approximate surface area is 185 Å². The van der Waals surface area contributed by atoms with Gasteiger partial charge in [0.05, 0.1) is 16.0 Å². The highest BCUT2D eigenvalue weighted by molar-refractivity contribution is 8.18. The van der Waals surface area contributed by atoms with Crippen LogP contribution < -0.4 is 5.32 Å². The maximum atomic E-state index is 13.1. The summed E-state index contributed by atoms with van der Waals surface area (Å²) in [6.07, 6.45) is -1.33. The van der Waals surface area contributed by atoms with Crippen LogP contribution in [0.3, 0.4) is 0 Å². The number of benzene rings is 1. The number of nitrogens with one attached hydrogen (secondary N) is 1. The number of amides is 1. The van der Waals surface area contributed by atoms with Gasteiger partial charge in [0.2, 0.25) is 0 Å². The quantitative estimate of drug-likeness (QED) is 0.474. The van der Waals surface area contributed by atoms with Gasteiger partial charge in [0.1, 0.15) is 12.4 Å². The lowest BCUT2D eigenvalue weighted by Gasteiger charge is -2.31. The van der Waals surface area contributed by atoms with E-state index >= 15 is 0 Å². The molecule has 1 aromatic carbocycles. The second-order valence-electron chi connectivity index (χ2n) is 7.44. The second kappa shape index (κ2) is 9.58. The lowest BCUT2D eigenvalue weighted by molar-refractivity contribution is -0.143. The zero-order valence-corrected chi connectivity index (χ0v) is 17.5. The number of piperidine rings is 1. The Morgan fingerprint density at radius 3 is 2.25 bits per heavy atom. The average molecular weight is 475 g/mol. The molecule has 0 bridgehead atoms. The van der Waals surface area contributed by atoms with E-state index in [1.807, 2.05) is 11.0 Å². The van der Waals surface area contributed by atoms with E-state index in [0.29, 0.717) is 36.7 Å². The summed E-state index contributed by atoms with van der Waals surface area (Å²) in [5, 5.41) is 2.37. The molecule has 11 heteroatoms. The third kappa shape index (κ3) is 6.29. The molecule has 0 aromatic heterocycles. The number of carbonyl (C=O) groups excluding carboxylic acids is 1. The van der Waals surface area contributed by atoms with Crippen molar-refractivity contribution in [2.45, 2.75) is 31.7 Å². The van der Waals surface area contributed by atoms with Crippen LogP contribution in [0.4, 0.5) is 31.1 Å². The Bertz CT molecular complexity index is 937. The van der Waals surface area contributed by atoms with Gasteiger partial charge in [-0.25, -0.2) is 0 Å². The second-order valence-corrected chi connectivity index (χ2v) is 8.46. The average Bonchev–Trinajstić information content (AvgIpc) is 3.05. The summed E-state index contributed by atoms with van der Waals surface area (Å²) >= 11 is 1.01. The minimum atomic E-state index is -4.86. The first-order valence-electron chi connectivity index (χ1n) is 9.65. The number of nitrogens with zero attached hydrogens (tertiary/aromatic N) is 2. The number of terminal acetylenes is 1. The summed E-state index contributed by atoms with van der Waals surface area (Å²) < 4.78 is 78.3. The number of rotatable bonds is 4. The number of thioether (sulfide) groups is 1. The zero-order valence-electron chi connectivity index (χ0n) is 16.7. The number of aliphatic imine (C=N–C) groups is 1. The predicted octanol–water partition coefficient (Wildman–Crippen LogP) is 5.31. The molecule has 1 N–H and O–H groups in total. The van der Waals surface area contributed by atoms with E-state index in [-0.39, 0.29) is 35.9 Å². The van der Waals surface area contributed by atoms with Gasteiger partial charge < -0.3 is 5.32 Å². The van der Waals surface area contributed by atoms with Crippen LogP contribution in [0.5, 0.6) is 0 Å². The van der Waals surface area contributed by atoms with Crippen LogP contribution in [0, 0.1) is 18.3 Å². The Balaban J connectivity index is 1.68. The Kier molecular flexibility index (Phi) is 7.25. The van der Waals surface area contributed by atoms with Crippen molar-refractivity contribution in [1.82, 2.24) is 10.2 Å². The van der Waals surface area contributed by atoms with Crippen LogP contribution >= 0.6 is 11.8 Å². The minimum Gasteiger partial charge on any atom is -0.300 e. The molecule has 0 saturated carbocycles. The van der Waals surface area contributed by atoms with Crippen molar-refractivity contribution in [3.63, 3.8) is 0 Å². The number of allylic oxidation sites excluding steroid dienone is 1. The van der Waals surface area contributed by atoms with Gasteiger partial charge in [0.15, 0.2) is 0 Å². The van der Waals surface area contributed by atoms with E-state index in [9.17, 15) is 31.1 Å². The zero-order chi connectivity index (χ0) is 23.5. The summed E-state index contributed by atoms with van der Waals surface area (Å²) in [5.74, 6) is 2.89. The molecule has 3 rings (SSSR count). The van der Waals surface area contributed by atoms with Gasteiger partial charge in [-0.15, -0.1) is 6.42 Å². The lowest BCUT2D eigenvalue weighted by atomic mass is 9.95. The third-order valence-corrected chi connectivity index (χ3v) is 5.89. The Hall–Kier alpha value is -2.45. The monoisotopic (exact) mass is 475 g/mol. The Morgan fingerprint density at radius 2 is 1.72 bits per heavy atom. The summed E-state index contributed by atoms with van der Waals surface area (Å²) in [6, 6.07) is 1.67. The number of alkyl halides is 6. The molecule has 1 amide bonds. The van der Waals surface area contributed by atoms with Crippen molar-refractivity contribution in [3.8, 4) is 12.3 Å². The fourth-order valence-electron chi connectivity index (χ4n) is 3.55. The van der Waals surface area contributed by atoms with Crippen molar-refractivity contribution in [2.75, 3.05) is 19.6 Å². The fraction of sp³-hybridized carbons (Fsp3) is 0.429. The molecule has 2 aliphatic heterocycles. The molecule has 4 nitrogen and oxygen atoms in total. The number of carbonyl (C=O) groups is 1. The van der Waals surface area contributed by atoms with Crippen LogP contribution in [-0.4, -0.2) is 35.6 Å². The molecule has 2 aliphatic rings. The summed E-state index contributed by atoms with van der Waals surface area (Å²) in [5.41, 5.74) is -2.65. The third-order valence-electron chi connectivity index (χ3n) is 5.06. The number of likely N-dealkylation sites (tertiary alicyclic amines) is 1. The fourth-order valence-corrected chi connectivity index (χ4v) is 4.37. The molecular weight excluding hydrogens is 456 g/mol. The highest BCUT2D eigenvalue weighted by Crippen LogP contribution is 2.37. The van der Waals surface area contributed by atoms with Crippen LogP contribution in [0.1, 0.15) is 29.5 Å². The molecule has 0 unspecified atom stereocenters. The molecule has 0 spiro atoms. The SMILES string of the molecule is C#CCN=C1NC(=O)S/C1=C\C1CCN(Cc2cc(C(F)(F)F)cc(C(F)(F)F)c2)CC1. The van der Waals surface area contributed by atoms with E-state index in [2.05, 4.69) is 16.2 Å². The van der Waals surface area contributed by atoms with Crippen molar-refractivity contribution in [3.05, 3.63) is 45.9 Å². The maximum Gasteiger partial charge on any atom is 0.416 e. The molecule has 0 aliphatic carbocycles. The molecule has 172 valence electrons. The van der Waals surface area contributed by atoms with Crippen molar-refractivity contribution in [1.29, 1.82) is 0 Å². The van der Waals surface area contributed by atoms with E-state index in [1.54, 1.807) is 0 Å². The number of halogens is 6. The van der Waals surface area contributed by atoms with E-state index in [0.717, 1.165) is 23.9 Å².